The van der Waals surface area contributed by atoms with Gasteiger partial charge in [0.25, 0.3) is 0 Å². The number of fused-ring (bicyclic) bond motifs is 2. The molecule has 0 bridgehead atoms. The molecular weight excluding hydrogens is 427 g/mol. The summed E-state index contributed by atoms with van der Waals surface area (Å²) in [6.07, 6.45) is 2.41. The predicted octanol–water partition coefficient (Wildman–Crippen LogP) is 4.50. The van der Waals surface area contributed by atoms with Crippen LogP contribution in [0, 0.1) is 11.2 Å². The lowest BCUT2D eigenvalue weighted by Gasteiger charge is -2.17. The highest BCUT2D eigenvalue weighted by atomic mass is 19.1. The molecule has 0 radical (unpaired) electrons. The first kappa shape index (κ1) is 23.0. The molecule has 3 heterocycles. The van der Waals surface area contributed by atoms with Crippen molar-refractivity contribution in [2.75, 3.05) is 12.1 Å². The van der Waals surface area contributed by atoms with Crippen molar-refractivity contribution in [3.63, 3.8) is 0 Å². The topological polar surface area (TPSA) is 98.5 Å². The average Bonchev–Trinajstić information content (AvgIpc) is 3.29. The van der Waals surface area contributed by atoms with Gasteiger partial charge in [0.2, 0.25) is 18.4 Å². The van der Waals surface area contributed by atoms with E-state index in [0.717, 1.165) is 0 Å². The summed E-state index contributed by atoms with van der Waals surface area (Å²) in [5, 5.41) is 18.2. The Bertz CT molecular complexity index is 1210. The number of ether oxygens (including phenoxy) is 2. The first-order valence-electron chi connectivity index (χ1n) is 10.9. The molecule has 9 heteroatoms. The van der Waals surface area contributed by atoms with Gasteiger partial charge in [-0.05, 0) is 49.4 Å². The minimum absolute atomic E-state index is 0.0229. The standard InChI is InChI=1S/C24H29FN4O4/c1-23(2,3)11-19(30)27-21-16-8-15(14-9-17(25)20-18(10-14)32-13-33-20)12-26-22(16)29(28-21)7-6-24(4,5)31/h8-10,12,31H,6-7,11,13H2,1-5H3,(H,27,28,30). The van der Waals surface area contributed by atoms with E-state index >= 15 is 0 Å². The Morgan fingerprint density at radius 1 is 1.18 bits per heavy atom. The number of benzene rings is 1. The normalized spacial score (nSPS) is 13.5. The van der Waals surface area contributed by atoms with Gasteiger partial charge >= 0.3 is 0 Å². The van der Waals surface area contributed by atoms with Gasteiger partial charge in [-0.2, -0.15) is 5.10 Å². The van der Waals surface area contributed by atoms with Crippen LogP contribution in [-0.2, 0) is 11.3 Å². The van der Waals surface area contributed by atoms with Crippen molar-refractivity contribution in [2.24, 2.45) is 5.41 Å². The molecular formula is C24H29FN4O4. The third-order valence-electron chi connectivity index (χ3n) is 5.23. The van der Waals surface area contributed by atoms with Crippen LogP contribution in [0.5, 0.6) is 11.5 Å². The van der Waals surface area contributed by atoms with Gasteiger partial charge in [0.15, 0.2) is 23.0 Å². The number of nitrogens with zero attached hydrogens (tertiary/aromatic N) is 3. The molecule has 1 amide bonds. The monoisotopic (exact) mass is 456 g/mol. The zero-order chi connectivity index (χ0) is 24.0. The Kier molecular flexibility index (Phi) is 5.78. The van der Waals surface area contributed by atoms with Gasteiger partial charge in [-0.25, -0.2) is 14.1 Å². The van der Waals surface area contributed by atoms with E-state index in [1.807, 2.05) is 26.8 Å². The van der Waals surface area contributed by atoms with Gasteiger partial charge in [0.1, 0.15) is 0 Å². The largest absolute Gasteiger partial charge is 0.453 e. The van der Waals surface area contributed by atoms with Gasteiger partial charge in [0.05, 0.1) is 11.0 Å². The predicted molar refractivity (Wildman–Crippen MR) is 123 cm³/mol. The molecule has 1 aliphatic heterocycles. The van der Waals surface area contributed by atoms with E-state index in [9.17, 15) is 14.3 Å². The molecule has 8 nitrogen and oxygen atoms in total. The lowest BCUT2D eigenvalue weighted by atomic mass is 9.92. The fourth-order valence-corrected chi connectivity index (χ4v) is 3.64. The molecule has 1 aromatic carbocycles. The van der Waals surface area contributed by atoms with Crippen LogP contribution in [0.4, 0.5) is 10.2 Å². The zero-order valence-electron chi connectivity index (χ0n) is 19.5. The van der Waals surface area contributed by atoms with E-state index in [1.165, 1.54) is 6.07 Å². The van der Waals surface area contributed by atoms with E-state index in [4.69, 9.17) is 9.47 Å². The summed E-state index contributed by atoms with van der Waals surface area (Å²) < 4.78 is 26.6. The summed E-state index contributed by atoms with van der Waals surface area (Å²) in [7, 11) is 0. The van der Waals surface area contributed by atoms with Crippen molar-refractivity contribution in [1.82, 2.24) is 14.8 Å². The van der Waals surface area contributed by atoms with E-state index < -0.39 is 11.4 Å². The smallest absolute Gasteiger partial charge is 0.231 e. The second-order valence-corrected chi connectivity index (χ2v) is 10.2. The van der Waals surface area contributed by atoms with Crippen molar-refractivity contribution in [1.29, 1.82) is 0 Å². The number of carbonyl (C=O) groups is 1. The number of anilines is 1. The molecule has 0 saturated carbocycles. The van der Waals surface area contributed by atoms with Crippen molar-refractivity contribution >= 4 is 22.8 Å². The summed E-state index contributed by atoms with van der Waals surface area (Å²) in [4.78, 5) is 17.2. The fourth-order valence-electron chi connectivity index (χ4n) is 3.64. The third-order valence-corrected chi connectivity index (χ3v) is 5.23. The molecule has 3 aromatic rings. The van der Waals surface area contributed by atoms with Crippen LogP contribution in [0.25, 0.3) is 22.2 Å². The number of aromatic nitrogens is 3. The second-order valence-electron chi connectivity index (χ2n) is 10.2. The lowest BCUT2D eigenvalue weighted by molar-refractivity contribution is -0.117. The number of hydrogen-bond donors (Lipinski definition) is 2. The Labute approximate surface area is 191 Å². The van der Waals surface area contributed by atoms with Crippen LogP contribution in [0.1, 0.15) is 47.5 Å². The number of nitrogens with one attached hydrogen (secondary N) is 1. The summed E-state index contributed by atoms with van der Waals surface area (Å²) in [5.74, 6) is 0.147. The summed E-state index contributed by atoms with van der Waals surface area (Å²) in [6, 6.07) is 4.89. The highest BCUT2D eigenvalue weighted by Crippen LogP contribution is 2.39. The van der Waals surface area contributed by atoms with Gasteiger partial charge < -0.3 is 19.9 Å². The Morgan fingerprint density at radius 3 is 2.64 bits per heavy atom. The van der Waals surface area contributed by atoms with Crippen LogP contribution in [0.2, 0.25) is 0 Å². The Hall–Kier alpha value is -3.20. The molecule has 0 fully saturated rings. The number of aliphatic hydroxyl groups is 1. The summed E-state index contributed by atoms with van der Waals surface area (Å²) >= 11 is 0. The first-order chi connectivity index (χ1) is 15.4. The molecule has 4 rings (SSSR count). The molecule has 0 aliphatic carbocycles. The highest BCUT2D eigenvalue weighted by molar-refractivity contribution is 6.00. The Balaban J connectivity index is 1.75. The first-order valence-corrected chi connectivity index (χ1v) is 10.9. The molecule has 33 heavy (non-hydrogen) atoms. The van der Waals surface area contributed by atoms with Gasteiger partial charge in [0, 0.05) is 24.7 Å². The number of aryl methyl sites for hydroxylation is 1. The minimum Gasteiger partial charge on any atom is -0.453 e. The van der Waals surface area contributed by atoms with E-state index in [2.05, 4.69) is 15.4 Å². The second kappa shape index (κ2) is 8.30. The SMILES string of the molecule is CC(C)(C)CC(=O)Nc1nn(CCC(C)(C)O)c2ncc(-c3cc(F)c4c(c3)OCO4)cc12. The van der Waals surface area contributed by atoms with Gasteiger partial charge in [-0.3, -0.25) is 4.79 Å². The summed E-state index contributed by atoms with van der Waals surface area (Å²) in [5.41, 5.74) is 0.722. The number of halogens is 1. The van der Waals surface area contributed by atoms with E-state index in [1.54, 1.807) is 30.8 Å². The maximum atomic E-state index is 14.5. The van der Waals surface area contributed by atoms with E-state index in [0.29, 0.717) is 53.1 Å². The molecule has 176 valence electrons. The molecule has 2 aromatic heterocycles. The van der Waals surface area contributed by atoms with Crippen molar-refractivity contribution in [2.45, 2.75) is 59.6 Å². The quantitative estimate of drug-likeness (QED) is 0.567. The average molecular weight is 457 g/mol. The van der Waals surface area contributed by atoms with Crippen molar-refractivity contribution in [3.05, 3.63) is 30.2 Å². The number of pyridine rings is 1. The van der Waals surface area contributed by atoms with Crippen LogP contribution in [0.15, 0.2) is 24.4 Å². The van der Waals surface area contributed by atoms with Crippen LogP contribution < -0.4 is 14.8 Å². The fraction of sp³-hybridized carbons (Fsp3) is 0.458. The molecule has 0 unspecified atom stereocenters. The number of carbonyl (C=O) groups excluding carboxylic acids is 1. The van der Waals surface area contributed by atoms with Gasteiger partial charge in [-0.1, -0.05) is 20.8 Å². The highest BCUT2D eigenvalue weighted by Gasteiger charge is 2.23. The van der Waals surface area contributed by atoms with Crippen LogP contribution >= 0.6 is 0 Å². The Morgan fingerprint density at radius 2 is 1.94 bits per heavy atom. The van der Waals surface area contributed by atoms with Crippen LogP contribution in [0.3, 0.4) is 0 Å². The molecule has 0 saturated heterocycles. The molecule has 1 aliphatic rings. The molecule has 0 atom stereocenters. The van der Waals surface area contributed by atoms with Crippen molar-refractivity contribution < 1.29 is 23.8 Å². The lowest BCUT2D eigenvalue weighted by Crippen LogP contribution is -2.22. The maximum Gasteiger partial charge on any atom is 0.231 e. The number of rotatable bonds is 6. The zero-order valence-corrected chi connectivity index (χ0v) is 19.5. The van der Waals surface area contributed by atoms with Crippen LogP contribution in [-0.4, -0.2) is 38.2 Å². The summed E-state index contributed by atoms with van der Waals surface area (Å²) in [6.45, 7) is 9.81. The minimum atomic E-state index is -0.877. The van der Waals surface area contributed by atoms with Gasteiger partial charge in [-0.15, -0.1) is 0 Å². The van der Waals surface area contributed by atoms with E-state index in [-0.39, 0.29) is 23.9 Å². The number of hydrogen-bond acceptors (Lipinski definition) is 6. The molecule has 2 N–H and O–H groups in total. The molecule has 0 spiro atoms. The maximum absolute atomic E-state index is 14.5. The van der Waals surface area contributed by atoms with Crippen molar-refractivity contribution in [3.8, 4) is 22.6 Å². The third kappa shape index (κ3) is 5.24. The number of amides is 1.